The van der Waals surface area contributed by atoms with Gasteiger partial charge >= 0.3 is 0 Å². The zero-order chi connectivity index (χ0) is 25.2. The number of hydrogen-bond donors (Lipinski definition) is 1. The van der Waals surface area contributed by atoms with Gasteiger partial charge in [-0.15, -0.1) is 0 Å². The lowest BCUT2D eigenvalue weighted by atomic mass is 10.0. The maximum atomic E-state index is 13.5. The lowest BCUT2D eigenvalue weighted by Gasteiger charge is -2.32. The van der Waals surface area contributed by atoms with E-state index in [-0.39, 0.29) is 31.0 Å². The summed E-state index contributed by atoms with van der Waals surface area (Å²) in [6.45, 7) is 3.90. The van der Waals surface area contributed by atoms with Crippen molar-refractivity contribution in [2.75, 3.05) is 13.7 Å². The van der Waals surface area contributed by atoms with E-state index in [0.29, 0.717) is 17.9 Å². The summed E-state index contributed by atoms with van der Waals surface area (Å²) in [5, 5.41) is 2.98. The van der Waals surface area contributed by atoms with Crippen molar-refractivity contribution in [3.05, 3.63) is 94.5 Å². The maximum absolute atomic E-state index is 13.5. The Morgan fingerprint density at radius 2 is 1.51 bits per heavy atom. The minimum Gasteiger partial charge on any atom is -0.497 e. The number of carbonyl (C=O) groups excluding carboxylic acids is 2. The van der Waals surface area contributed by atoms with Crippen LogP contribution in [0, 0.1) is 0 Å². The molecule has 184 valence electrons. The summed E-state index contributed by atoms with van der Waals surface area (Å²) in [6.07, 6.45) is 0.393. The molecule has 0 bridgehead atoms. The Bertz CT molecular complexity index is 1090. The summed E-state index contributed by atoms with van der Waals surface area (Å²) in [7, 11) is 1.59. The first-order valence-corrected chi connectivity index (χ1v) is 12.3. The summed E-state index contributed by atoms with van der Waals surface area (Å²) < 4.78 is 11.9. The summed E-state index contributed by atoms with van der Waals surface area (Å²) in [5.74, 6) is 0.783. The molecular weight excluding hydrogens is 508 g/mol. The van der Waals surface area contributed by atoms with Gasteiger partial charge < -0.3 is 19.7 Å². The van der Waals surface area contributed by atoms with E-state index in [4.69, 9.17) is 9.47 Å². The number of benzene rings is 3. The Balaban J connectivity index is 1.87. The number of halogens is 1. The molecule has 0 aromatic heterocycles. The number of nitrogens with zero attached hydrogens (tertiary/aromatic N) is 1. The molecule has 7 heteroatoms. The lowest BCUT2D eigenvalue weighted by Crippen LogP contribution is -2.52. The summed E-state index contributed by atoms with van der Waals surface area (Å²) in [5.41, 5.74) is 1.89. The molecule has 0 aliphatic rings. The highest BCUT2D eigenvalue weighted by Crippen LogP contribution is 2.19. The zero-order valence-corrected chi connectivity index (χ0v) is 21.8. The van der Waals surface area contributed by atoms with Gasteiger partial charge in [-0.3, -0.25) is 9.59 Å². The van der Waals surface area contributed by atoms with Gasteiger partial charge in [-0.2, -0.15) is 0 Å². The van der Waals surface area contributed by atoms with Crippen molar-refractivity contribution in [2.24, 2.45) is 0 Å². The van der Waals surface area contributed by atoms with E-state index < -0.39 is 6.04 Å². The number of methoxy groups -OCH3 is 1. The van der Waals surface area contributed by atoms with Crippen LogP contribution in [-0.2, 0) is 22.6 Å². The average molecular weight is 539 g/mol. The van der Waals surface area contributed by atoms with Crippen LogP contribution in [0.5, 0.6) is 11.5 Å². The van der Waals surface area contributed by atoms with Crippen molar-refractivity contribution in [2.45, 2.75) is 38.9 Å². The minimum atomic E-state index is -0.699. The Kier molecular flexibility index (Phi) is 9.73. The third-order valence-corrected chi connectivity index (χ3v) is 5.92. The molecule has 3 rings (SSSR count). The zero-order valence-electron chi connectivity index (χ0n) is 20.2. The van der Waals surface area contributed by atoms with E-state index in [1.165, 1.54) is 0 Å². The number of amides is 2. The number of rotatable bonds is 11. The molecule has 0 aliphatic heterocycles. The van der Waals surface area contributed by atoms with Crippen LogP contribution in [0.1, 0.15) is 25.0 Å². The number of nitrogens with one attached hydrogen (secondary N) is 1. The summed E-state index contributed by atoms with van der Waals surface area (Å²) >= 11 is 3.45. The lowest BCUT2D eigenvalue weighted by molar-refractivity contribution is -0.143. The van der Waals surface area contributed by atoms with Gasteiger partial charge in [0, 0.05) is 23.5 Å². The van der Waals surface area contributed by atoms with Gasteiger partial charge in [0.1, 0.15) is 17.5 Å². The summed E-state index contributed by atoms with van der Waals surface area (Å²) in [6, 6.07) is 23.7. The molecule has 3 aromatic carbocycles. The molecule has 1 atom stereocenters. The van der Waals surface area contributed by atoms with Crippen LogP contribution in [0.4, 0.5) is 0 Å². The van der Waals surface area contributed by atoms with Gasteiger partial charge in [-0.1, -0.05) is 58.4 Å². The standard InChI is InChI=1S/C28H31BrN2O4/c1-20(2)30-28(33)26(17-21-7-5-4-6-8-21)31(18-22-9-11-23(29)12-10-22)27(32)19-35-25-15-13-24(34-3)14-16-25/h4-16,20,26H,17-19H2,1-3H3,(H,30,33)/t26-/m1/s1. The first-order chi connectivity index (χ1) is 16.9. The van der Waals surface area contributed by atoms with Gasteiger partial charge in [0.25, 0.3) is 5.91 Å². The molecule has 0 heterocycles. The molecule has 0 fully saturated rings. The molecule has 0 aliphatic carbocycles. The van der Waals surface area contributed by atoms with E-state index in [9.17, 15) is 9.59 Å². The third kappa shape index (κ3) is 8.14. The largest absolute Gasteiger partial charge is 0.497 e. The summed E-state index contributed by atoms with van der Waals surface area (Å²) in [4.78, 5) is 28.5. The van der Waals surface area contributed by atoms with Gasteiger partial charge in [0.05, 0.1) is 7.11 Å². The van der Waals surface area contributed by atoms with E-state index in [0.717, 1.165) is 15.6 Å². The fraction of sp³-hybridized carbons (Fsp3) is 0.286. The topological polar surface area (TPSA) is 67.9 Å². The van der Waals surface area contributed by atoms with Crippen LogP contribution in [-0.4, -0.2) is 42.5 Å². The molecule has 3 aromatic rings. The second kappa shape index (κ2) is 13.0. The van der Waals surface area contributed by atoms with Crippen LogP contribution >= 0.6 is 15.9 Å². The molecule has 0 saturated carbocycles. The molecule has 0 unspecified atom stereocenters. The molecule has 0 radical (unpaired) electrons. The van der Waals surface area contributed by atoms with Crippen molar-refractivity contribution in [3.8, 4) is 11.5 Å². The molecule has 1 N–H and O–H groups in total. The normalized spacial score (nSPS) is 11.6. The van der Waals surface area contributed by atoms with Crippen molar-refractivity contribution < 1.29 is 19.1 Å². The molecular formula is C28H31BrN2O4. The van der Waals surface area contributed by atoms with Crippen LogP contribution in [0.25, 0.3) is 0 Å². The fourth-order valence-electron chi connectivity index (χ4n) is 3.62. The highest BCUT2D eigenvalue weighted by atomic mass is 79.9. The number of hydrogen-bond acceptors (Lipinski definition) is 4. The first kappa shape index (κ1) is 26.3. The highest BCUT2D eigenvalue weighted by Gasteiger charge is 2.31. The number of ether oxygens (including phenoxy) is 2. The van der Waals surface area contributed by atoms with Crippen molar-refractivity contribution >= 4 is 27.7 Å². The monoisotopic (exact) mass is 538 g/mol. The van der Waals surface area contributed by atoms with Crippen molar-refractivity contribution in [1.82, 2.24) is 10.2 Å². The first-order valence-electron chi connectivity index (χ1n) is 11.5. The Morgan fingerprint density at radius 3 is 2.11 bits per heavy atom. The van der Waals surface area contributed by atoms with E-state index >= 15 is 0 Å². The van der Waals surface area contributed by atoms with Gasteiger partial charge in [0.15, 0.2) is 6.61 Å². The molecule has 6 nitrogen and oxygen atoms in total. The maximum Gasteiger partial charge on any atom is 0.261 e. The predicted molar refractivity (Wildman–Crippen MR) is 140 cm³/mol. The van der Waals surface area contributed by atoms with E-state index in [1.54, 1.807) is 36.3 Å². The Hall–Kier alpha value is -3.32. The van der Waals surface area contributed by atoms with Crippen LogP contribution in [0.2, 0.25) is 0 Å². The quantitative estimate of drug-likeness (QED) is 0.373. The van der Waals surface area contributed by atoms with Gasteiger partial charge in [-0.25, -0.2) is 0 Å². The van der Waals surface area contributed by atoms with E-state index in [1.807, 2.05) is 68.4 Å². The molecule has 2 amide bonds. The van der Waals surface area contributed by atoms with Crippen LogP contribution < -0.4 is 14.8 Å². The number of carbonyl (C=O) groups is 2. The molecule has 0 saturated heterocycles. The highest BCUT2D eigenvalue weighted by molar-refractivity contribution is 9.10. The van der Waals surface area contributed by atoms with Crippen molar-refractivity contribution in [3.63, 3.8) is 0 Å². The van der Waals surface area contributed by atoms with Crippen LogP contribution in [0.3, 0.4) is 0 Å². The molecule has 35 heavy (non-hydrogen) atoms. The predicted octanol–water partition coefficient (Wildman–Crippen LogP) is 5.00. The van der Waals surface area contributed by atoms with E-state index in [2.05, 4.69) is 21.2 Å². The smallest absolute Gasteiger partial charge is 0.261 e. The SMILES string of the molecule is COc1ccc(OCC(=O)N(Cc2ccc(Br)cc2)[C@H](Cc2ccccc2)C(=O)NC(C)C)cc1. The molecule has 0 spiro atoms. The van der Waals surface area contributed by atoms with Gasteiger partial charge in [0.2, 0.25) is 5.91 Å². The Morgan fingerprint density at radius 1 is 0.886 bits per heavy atom. The van der Waals surface area contributed by atoms with Crippen molar-refractivity contribution in [1.29, 1.82) is 0 Å². The van der Waals surface area contributed by atoms with Crippen LogP contribution in [0.15, 0.2) is 83.3 Å². The second-order valence-corrected chi connectivity index (χ2v) is 9.40. The minimum absolute atomic E-state index is 0.0547. The fourth-order valence-corrected chi connectivity index (χ4v) is 3.89. The Labute approximate surface area is 215 Å². The van der Waals surface area contributed by atoms with Gasteiger partial charge in [-0.05, 0) is 61.4 Å². The second-order valence-electron chi connectivity index (χ2n) is 8.48. The third-order valence-electron chi connectivity index (χ3n) is 5.39. The average Bonchev–Trinajstić information content (AvgIpc) is 2.86.